The van der Waals surface area contributed by atoms with Crippen LogP contribution in [-0.2, 0) is 20.0 Å². The molecule has 0 atom stereocenters. The second-order valence-electron chi connectivity index (χ2n) is 12.1. The summed E-state index contributed by atoms with van der Waals surface area (Å²) < 4.78 is 54.9. The number of nitrogens with one attached hydrogen (secondary N) is 8. The molecule has 0 fully saturated rings. The number of hydrogen-bond donors (Lipinski definition) is 8. The molecule has 54 heavy (non-hydrogen) atoms. The van der Waals surface area contributed by atoms with Gasteiger partial charge in [0.05, 0.1) is 9.79 Å². The number of aryl methyl sites for hydroxylation is 2. The Morgan fingerprint density at radius 3 is 1.17 bits per heavy atom. The Labute approximate surface area is 314 Å². The van der Waals surface area contributed by atoms with Crippen molar-refractivity contribution in [1.29, 1.82) is 0 Å². The summed E-state index contributed by atoms with van der Waals surface area (Å²) in [5, 5.41) is 15.4. The largest absolute Gasteiger partial charge is 0.337 e. The van der Waals surface area contributed by atoms with E-state index in [9.17, 15) is 36.0 Å². The Hall–Kier alpha value is -6.14. The van der Waals surface area contributed by atoms with Crippen LogP contribution in [-0.4, -0.2) is 54.0 Å². The van der Waals surface area contributed by atoms with Crippen LogP contribution < -0.4 is 41.3 Å². The van der Waals surface area contributed by atoms with E-state index in [4.69, 9.17) is 0 Å². The van der Waals surface area contributed by atoms with Crippen molar-refractivity contribution in [3.63, 3.8) is 0 Å². The molecule has 286 valence electrons. The summed E-state index contributed by atoms with van der Waals surface area (Å²) in [6.07, 6.45) is 2.28. The van der Waals surface area contributed by atoms with E-state index in [2.05, 4.69) is 31.9 Å². The van der Waals surface area contributed by atoms with E-state index < -0.39 is 44.2 Å². The van der Waals surface area contributed by atoms with Gasteiger partial charge < -0.3 is 31.9 Å². The van der Waals surface area contributed by atoms with Crippen molar-refractivity contribution in [3.05, 3.63) is 108 Å². The number of sulfonamides is 2. The lowest BCUT2D eigenvalue weighted by Crippen LogP contribution is -2.40. The molecule has 0 aliphatic rings. The van der Waals surface area contributed by atoms with E-state index in [0.717, 1.165) is 11.1 Å². The topological polar surface area (TPSA) is 233 Å². The van der Waals surface area contributed by atoms with Gasteiger partial charge in [-0.2, -0.15) is 0 Å². The monoisotopic (exact) mass is 778 g/mol. The number of unbranched alkanes of at least 4 members (excludes halogenated alkanes) is 3. The Morgan fingerprint density at radius 1 is 0.444 bits per heavy atom. The summed E-state index contributed by atoms with van der Waals surface area (Å²) >= 11 is 0. The summed E-state index contributed by atoms with van der Waals surface area (Å²) in [4.78, 5) is 48.8. The highest BCUT2D eigenvalue weighted by molar-refractivity contribution is 7.90. The van der Waals surface area contributed by atoms with E-state index in [-0.39, 0.29) is 34.3 Å². The minimum Gasteiger partial charge on any atom is -0.337 e. The third kappa shape index (κ3) is 13.4. The Kier molecular flexibility index (Phi) is 14.4. The SMILES string of the molecule is Cc1ccc(NC(=O)Nc2cccc(S(=O)(=O)NC(=O)NCCCCCCNC(=O)NS(=O)(=O)c3cccc(NC(=O)Nc4ccc(C)cc4)c3)c2)cc1. The number of anilines is 4. The quantitative estimate of drug-likeness (QED) is 0.0683. The van der Waals surface area contributed by atoms with Crippen molar-refractivity contribution in [1.82, 2.24) is 20.1 Å². The number of carbonyl (C=O) groups excluding carboxylic acids is 4. The molecule has 4 rings (SSSR count). The van der Waals surface area contributed by atoms with Crippen LogP contribution in [0.3, 0.4) is 0 Å². The highest BCUT2D eigenvalue weighted by Crippen LogP contribution is 2.18. The molecule has 0 radical (unpaired) electrons. The van der Waals surface area contributed by atoms with Gasteiger partial charge in [0, 0.05) is 35.8 Å². The second kappa shape index (κ2) is 19.1. The second-order valence-corrected chi connectivity index (χ2v) is 15.4. The molecule has 8 N–H and O–H groups in total. The zero-order valence-electron chi connectivity index (χ0n) is 29.6. The molecule has 0 aromatic heterocycles. The maximum atomic E-state index is 12.8. The van der Waals surface area contributed by atoms with Crippen LogP contribution in [0.15, 0.2) is 107 Å². The van der Waals surface area contributed by atoms with Crippen molar-refractivity contribution in [2.75, 3.05) is 34.4 Å². The molecule has 18 heteroatoms. The highest BCUT2D eigenvalue weighted by Gasteiger charge is 2.20. The van der Waals surface area contributed by atoms with Crippen molar-refractivity contribution >= 4 is 66.9 Å². The van der Waals surface area contributed by atoms with Gasteiger partial charge in [-0.1, -0.05) is 60.4 Å². The number of rotatable bonds is 15. The third-order valence-electron chi connectivity index (χ3n) is 7.55. The van der Waals surface area contributed by atoms with Gasteiger partial charge in [0.25, 0.3) is 20.0 Å². The summed E-state index contributed by atoms with van der Waals surface area (Å²) in [6.45, 7) is 4.18. The van der Waals surface area contributed by atoms with Gasteiger partial charge in [0.2, 0.25) is 0 Å². The molecule has 0 saturated heterocycles. The molecule has 4 aromatic carbocycles. The Morgan fingerprint density at radius 2 is 0.796 bits per heavy atom. The Bertz CT molecular complexity index is 2010. The molecule has 16 nitrogen and oxygen atoms in total. The molecule has 4 aromatic rings. The van der Waals surface area contributed by atoms with Gasteiger partial charge in [-0.25, -0.2) is 45.5 Å². The fourth-order valence-corrected chi connectivity index (χ4v) is 6.73. The molecular weight excluding hydrogens is 737 g/mol. The molecule has 8 amide bonds. The van der Waals surface area contributed by atoms with Crippen molar-refractivity contribution in [2.24, 2.45) is 0 Å². The summed E-state index contributed by atoms with van der Waals surface area (Å²) in [5.74, 6) is 0. The molecule has 0 bridgehead atoms. The molecule has 0 aliphatic carbocycles. The average molecular weight is 779 g/mol. The molecule has 0 aliphatic heterocycles. The normalized spacial score (nSPS) is 11.1. The summed E-state index contributed by atoms with van der Waals surface area (Å²) in [5.41, 5.74) is 3.58. The number of hydrogen-bond acceptors (Lipinski definition) is 8. The maximum Gasteiger partial charge on any atom is 0.328 e. The van der Waals surface area contributed by atoms with E-state index in [0.29, 0.717) is 37.1 Å². The fraction of sp³-hybridized carbons (Fsp3) is 0.222. The number of benzene rings is 4. The number of amides is 8. The van der Waals surface area contributed by atoms with Gasteiger partial charge in [-0.15, -0.1) is 0 Å². The first-order valence-electron chi connectivity index (χ1n) is 16.8. The standard InChI is InChI=1S/C36H42N8O8S2/c1-25-13-17-27(18-14-25)39-35(47)41-29-9-7-11-31(23-29)53(49,50)43-33(45)37-21-5-3-4-6-22-38-34(46)44-54(51,52)32-12-8-10-30(24-32)42-36(48)40-28-19-15-26(2)16-20-28/h7-20,23-24H,3-6,21-22H2,1-2H3,(H2,37,43,45)(H2,38,44,46)(H2,39,41,47)(H2,40,42,48). The van der Waals surface area contributed by atoms with E-state index in [1.165, 1.54) is 48.5 Å². The molecule has 0 unspecified atom stereocenters. The van der Waals surface area contributed by atoms with E-state index >= 15 is 0 Å². The zero-order valence-corrected chi connectivity index (χ0v) is 31.2. The molecule has 0 heterocycles. The van der Waals surface area contributed by atoms with E-state index in [1.54, 1.807) is 24.3 Å². The third-order valence-corrected chi connectivity index (χ3v) is 10.2. The first-order chi connectivity index (χ1) is 25.7. The smallest absolute Gasteiger partial charge is 0.328 e. The van der Waals surface area contributed by atoms with Gasteiger partial charge in [0.1, 0.15) is 0 Å². The maximum absolute atomic E-state index is 12.8. The van der Waals surface area contributed by atoms with Crippen LogP contribution in [0.5, 0.6) is 0 Å². The molecular formula is C36H42N8O8S2. The van der Waals surface area contributed by atoms with Gasteiger partial charge in [0.15, 0.2) is 0 Å². The van der Waals surface area contributed by atoms with Crippen LogP contribution in [0.2, 0.25) is 0 Å². The predicted molar refractivity (Wildman–Crippen MR) is 206 cm³/mol. The van der Waals surface area contributed by atoms with Crippen molar-refractivity contribution in [3.8, 4) is 0 Å². The van der Waals surface area contributed by atoms with Crippen molar-refractivity contribution in [2.45, 2.75) is 49.3 Å². The minimum atomic E-state index is -4.24. The predicted octanol–water partition coefficient (Wildman–Crippen LogP) is 5.83. The zero-order chi connectivity index (χ0) is 39.1. The lowest BCUT2D eigenvalue weighted by molar-refractivity contribution is 0.244. The number of carbonyl (C=O) groups is 4. The minimum absolute atomic E-state index is 0.176. The van der Waals surface area contributed by atoms with Gasteiger partial charge in [-0.3, -0.25) is 0 Å². The lowest BCUT2D eigenvalue weighted by atomic mass is 10.2. The number of urea groups is 4. The summed E-state index contributed by atoms with van der Waals surface area (Å²) in [6, 6.07) is 22.2. The van der Waals surface area contributed by atoms with Crippen LogP contribution in [0.4, 0.5) is 41.9 Å². The average Bonchev–Trinajstić information content (AvgIpc) is 3.11. The highest BCUT2D eigenvalue weighted by atomic mass is 32.2. The fourth-order valence-electron chi connectivity index (χ4n) is 4.78. The summed E-state index contributed by atoms with van der Waals surface area (Å²) in [7, 11) is -8.47. The van der Waals surface area contributed by atoms with E-state index in [1.807, 2.05) is 47.6 Å². The van der Waals surface area contributed by atoms with Crippen LogP contribution in [0.25, 0.3) is 0 Å². The Balaban J connectivity index is 1.10. The van der Waals surface area contributed by atoms with Gasteiger partial charge >= 0.3 is 24.1 Å². The van der Waals surface area contributed by atoms with Crippen LogP contribution in [0, 0.1) is 13.8 Å². The first-order valence-corrected chi connectivity index (χ1v) is 19.8. The van der Waals surface area contributed by atoms with Gasteiger partial charge in [-0.05, 0) is 87.4 Å². The molecule has 0 spiro atoms. The van der Waals surface area contributed by atoms with Crippen molar-refractivity contribution < 1.29 is 36.0 Å². The van der Waals surface area contributed by atoms with Crippen LogP contribution >= 0.6 is 0 Å². The lowest BCUT2D eigenvalue weighted by Gasteiger charge is -2.11. The van der Waals surface area contributed by atoms with Crippen LogP contribution in [0.1, 0.15) is 36.8 Å². The molecule has 0 saturated carbocycles. The first kappa shape index (κ1) is 40.6.